The molecule has 0 unspecified atom stereocenters. The van der Waals surface area contributed by atoms with Gasteiger partial charge < -0.3 is 4.98 Å². The molecule has 5 heteroatoms. The molecule has 0 amide bonds. The van der Waals surface area contributed by atoms with Crippen LogP contribution in [0.4, 0.5) is 0 Å². The highest BCUT2D eigenvalue weighted by molar-refractivity contribution is 7.15. The van der Waals surface area contributed by atoms with Gasteiger partial charge in [0.25, 0.3) is 0 Å². The molecule has 0 fully saturated rings. The maximum absolute atomic E-state index is 11.0. The minimum atomic E-state index is -0.0323. The number of carbonyl (C=O) groups is 1. The van der Waals surface area contributed by atoms with E-state index in [4.69, 9.17) is 11.6 Å². The Balaban J connectivity index is 2.43. The van der Waals surface area contributed by atoms with Crippen LogP contribution in [0.25, 0.3) is 11.4 Å². The molecule has 0 aliphatic heterocycles. The summed E-state index contributed by atoms with van der Waals surface area (Å²) >= 11 is 7.37. The van der Waals surface area contributed by atoms with Gasteiger partial charge in [0.15, 0.2) is 5.78 Å². The van der Waals surface area contributed by atoms with Crippen LogP contribution in [0.5, 0.6) is 0 Å². The van der Waals surface area contributed by atoms with Gasteiger partial charge in [0, 0.05) is 12.5 Å². The van der Waals surface area contributed by atoms with Crippen LogP contribution in [-0.2, 0) is 0 Å². The van der Waals surface area contributed by atoms with Gasteiger partial charge in [-0.05, 0) is 11.4 Å². The Kier molecular flexibility index (Phi) is 2.39. The smallest absolute Gasteiger partial charge is 0.177 e. The number of halogens is 1. The van der Waals surface area contributed by atoms with E-state index in [0.29, 0.717) is 15.9 Å². The van der Waals surface area contributed by atoms with Gasteiger partial charge in [0.05, 0.1) is 6.20 Å². The first-order valence-corrected chi connectivity index (χ1v) is 5.23. The summed E-state index contributed by atoms with van der Waals surface area (Å²) in [6, 6.07) is 1.87. The summed E-state index contributed by atoms with van der Waals surface area (Å²) in [6.45, 7) is 1.49. The number of nitrogens with one attached hydrogen (secondary N) is 1. The lowest BCUT2D eigenvalue weighted by atomic mass is 10.3. The van der Waals surface area contributed by atoms with Crippen molar-refractivity contribution in [3.63, 3.8) is 0 Å². The van der Waals surface area contributed by atoms with Crippen LogP contribution in [-0.4, -0.2) is 15.8 Å². The van der Waals surface area contributed by atoms with Crippen molar-refractivity contribution in [2.75, 3.05) is 0 Å². The number of carbonyl (C=O) groups excluding carboxylic acids is 1. The number of aromatic amines is 1. The van der Waals surface area contributed by atoms with Gasteiger partial charge >= 0.3 is 0 Å². The van der Waals surface area contributed by atoms with Gasteiger partial charge in [-0.15, -0.1) is 11.3 Å². The molecule has 2 aromatic rings. The molecule has 0 saturated carbocycles. The number of aromatic nitrogens is 2. The zero-order valence-electron chi connectivity index (χ0n) is 7.37. The Morgan fingerprint density at radius 1 is 1.64 bits per heavy atom. The van der Waals surface area contributed by atoms with Crippen molar-refractivity contribution >= 4 is 28.7 Å². The van der Waals surface area contributed by atoms with Crippen molar-refractivity contribution in [3.8, 4) is 11.4 Å². The predicted octanol–water partition coefficient (Wildman–Crippen LogP) is 2.99. The van der Waals surface area contributed by atoms with Crippen molar-refractivity contribution in [3.05, 3.63) is 27.7 Å². The number of Topliss-reactive ketones (excluding diaryl/α,β-unsaturated/α-hetero) is 1. The third kappa shape index (κ3) is 1.58. The zero-order valence-corrected chi connectivity index (χ0v) is 8.95. The molecular weight excluding hydrogens is 220 g/mol. The van der Waals surface area contributed by atoms with E-state index in [0.717, 1.165) is 5.56 Å². The van der Waals surface area contributed by atoms with Gasteiger partial charge in [-0.25, -0.2) is 4.98 Å². The fourth-order valence-corrected chi connectivity index (χ4v) is 2.02. The molecule has 0 saturated heterocycles. The number of hydrogen-bond acceptors (Lipinski definition) is 3. The molecule has 2 aromatic heterocycles. The first kappa shape index (κ1) is 9.43. The zero-order chi connectivity index (χ0) is 10.1. The van der Waals surface area contributed by atoms with Crippen LogP contribution < -0.4 is 0 Å². The Hall–Kier alpha value is -1.13. The third-order valence-corrected chi connectivity index (χ3v) is 3.00. The summed E-state index contributed by atoms with van der Waals surface area (Å²) in [4.78, 5) is 18.0. The molecule has 0 bridgehead atoms. The largest absolute Gasteiger partial charge is 0.336 e. The Bertz CT molecular complexity index is 475. The molecule has 2 heterocycles. The molecular formula is C9H7ClN2OS. The Labute approximate surface area is 89.8 Å². The SMILES string of the molecule is CC(=O)c1cnc(-c2ccsc2Cl)[nH]1. The normalized spacial score (nSPS) is 10.4. The standard InChI is InChI=1S/C9H7ClN2OS/c1-5(13)7-4-11-9(12-7)6-2-3-14-8(6)10/h2-4H,1H3,(H,11,12). The number of ketones is 1. The van der Waals surface area contributed by atoms with E-state index < -0.39 is 0 Å². The predicted molar refractivity (Wildman–Crippen MR) is 56.9 cm³/mol. The highest BCUT2D eigenvalue weighted by Crippen LogP contribution is 2.30. The molecule has 14 heavy (non-hydrogen) atoms. The average molecular weight is 227 g/mol. The summed E-state index contributed by atoms with van der Waals surface area (Å²) in [5.74, 6) is 0.608. The van der Waals surface area contributed by atoms with Gasteiger partial charge in [-0.1, -0.05) is 11.6 Å². The lowest BCUT2D eigenvalue weighted by molar-refractivity contribution is 0.101. The molecule has 72 valence electrons. The first-order chi connectivity index (χ1) is 6.68. The van der Waals surface area contributed by atoms with Crippen LogP contribution in [0.1, 0.15) is 17.4 Å². The van der Waals surface area contributed by atoms with E-state index >= 15 is 0 Å². The first-order valence-electron chi connectivity index (χ1n) is 3.98. The molecule has 0 aromatic carbocycles. The Morgan fingerprint density at radius 2 is 2.43 bits per heavy atom. The molecule has 0 atom stereocenters. The van der Waals surface area contributed by atoms with E-state index in [2.05, 4.69) is 9.97 Å². The van der Waals surface area contributed by atoms with Crippen LogP contribution in [0.15, 0.2) is 17.6 Å². The second kappa shape index (κ2) is 3.55. The van der Waals surface area contributed by atoms with E-state index in [1.165, 1.54) is 24.5 Å². The molecule has 3 nitrogen and oxygen atoms in total. The third-order valence-electron chi connectivity index (χ3n) is 1.83. The van der Waals surface area contributed by atoms with Crippen molar-refractivity contribution in [2.45, 2.75) is 6.92 Å². The molecule has 1 N–H and O–H groups in total. The number of H-pyrrole nitrogens is 1. The van der Waals surface area contributed by atoms with Crippen molar-refractivity contribution in [2.24, 2.45) is 0 Å². The number of hydrogen-bond donors (Lipinski definition) is 1. The second-order valence-electron chi connectivity index (χ2n) is 2.81. The topological polar surface area (TPSA) is 45.8 Å². The summed E-state index contributed by atoms with van der Waals surface area (Å²) in [7, 11) is 0. The van der Waals surface area contributed by atoms with Crippen molar-refractivity contribution < 1.29 is 4.79 Å². The molecule has 2 rings (SSSR count). The summed E-state index contributed by atoms with van der Waals surface area (Å²) in [6.07, 6.45) is 1.52. The van der Waals surface area contributed by atoms with Crippen LogP contribution in [0.3, 0.4) is 0 Å². The maximum Gasteiger partial charge on any atom is 0.177 e. The van der Waals surface area contributed by atoms with E-state index in [1.807, 2.05) is 11.4 Å². The Morgan fingerprint density at radius 3 is 2.93 bits per heavy atom. The van der Waals surface area contributed by atoms with Gasteiger partial charge in [0.2, 0.25) is 0 Å². The fourth-order valence-electron chi connectivity index (χ4n) is 1.10. The molecule has 0 aliphatic rings. The quantitative estimate of drug-likeness (QED) is 0.801. The van der Waals surface area contributed by atoms with Crippen LogP contribution >= 0.6 is 22.9 Å². The summed E-state index contributed by atoms with van der Waals surface area (Å²) in [5.41, 5.74) is 1.34. The van der Waals surface area contributed by atoms with Crippen LogP contribution in [0, 0.1) is 0 Å². The monoisotopic (exact) mass is 226 g/mol. The highest BCUT2D eigenvalue weighted by Gasteiger charge is 2.10. The van der Waals surface area contributed by atoms with Crippen molar-refractivity contribution in [1.82, 2.24) is 9.97 Å². The minimum Gasteiger partial charge on any atom is -0.336 e. The molecule has 0 aliphatic carbocycles. The highest BCUT2D eigenvalue weighted by atomic mass is 35.5. The average Bonchev–Trinajstić information content (AvgIpc) is 2.71. The summed E-state index contributed by atoms with van der Waals surface area (Å²) < 4.78 is 0.675. The van der Waals surface area contributed by atoms with Crippen LogP contribution in [0.2, 0.25) is 4.34 Å². The van der Waals surface area contributed by atoms with Gasteiger partial charge in [-0.2, -0.15) is 0 Å². The number of nitrogens with zero attached hydrogens (tertiary/aromatic N) is 1. The fraction of sp³-hybridized carbons (Fsp3) is 0.111. The lowest BCUT2D eigenvalue weighted by Crippen LogP contribution is -1.90. The molecule has 0 radical (unpaired) electrons. The number of thiophene rings is 1. The number of imidazole rings is 1. The van der Waals surface area contributed by atoms with E-state index in [1.54, 1.807) is 0 Å². The van der Waals surface area contributed by atoms with E-state index in [9.17, 15) is 4.79 Å². The molecule has 0 spiro atoms. The van der Waals surface area contributed by atoms with Crippen molar-refractivity contribution in [1.29, 1.82) is 0 Å². The number of rotatable bonds is 2. The van der Waals surface area contributed by atoms with Gasteiger partial charge in [0.1, 0.15) is 15.9 Å². The van der Waals surface area contributed by atoms with E-state index in [-0.39, 0.29) is 5.78 Å². The lowest BCUT2D eigenvalue weighted by Gasteiger charge is -1.91. The second-order valence-corrected chi connectivity index (χ2v) is 4.33. The maximum atomic E-state index is 11.0. The van der Waals surface area contributed by atoms with Gasteiger partial charge in [-0.3, -0.25) is 4.79 Å². The minimum absolute atomic E-state index is 0.0323. The summed E-state index contributed by atoms with van der Waals surface area (Å²) in [5, 5.41) is 1.88.